The summed E-state index contributed by atoms with van der Waals surface area (Å²) in [7, 11) is 0. The van der Waals surface area contributed by atoms with Crippen LogP contribution in [0.15, 0.2) is 9.95 Å². The zero-order chi connectivity index (χ0) is 12.4. The second-order valence-corrected chi connectivity index (χ2v) is 4.74. The Morgan fingerprint density at radius 2 is 2.53 bits per heavy atom. The van der Waals surface area contributed by atoms with Crippen LogP contribution in [0.5, 0.6) is 0 Å². The molecule has 0 spiro atoms. The predicted molar refractivity (Wildman–Crippen MR) is 60.3 cm³/mol. The highest BCUT2D eigenvalue weighted by Gasteiger charge is 2.29. The molecule has 17 heavy (non-hydrogen) atoms. The third-order valence-corrected chi connectivity index (χ3v) is 3.60. The molecule has 8 heteroatoms. The van der Waals surface area contributed by atoms with Crippen molar-refractivity contribution < 1.29 is 14.6 Å². The lowest BCUT2D eigenvalue weighted by Crippen LogP contribution is -2.27. The number of nitrogens with zero attached hydrogens (tertiary/aromatic N) is 2. The number of nitrogens with one attached hydrogen (secondary N) is 1. The van der Waals surface area contributed by atoms with E-state index in [1.807, 2.05) is 6.92 Å². The van der Waals surface area contributed by atoms with E-state index in [0.29, 0.717) is 11.8 Å². The van der Waals surface area contributed by atoms with Crippen molar-refractivity contribution in [3.8, 4) is 0 Å². The molecule has 0 aliphatic carbocycles. The molecule has 1 aromatic rings. The minimum Gasteiger partial charge on any atom is -0.481 e. The second-order valence-electron chi connectivity index (χ2n) is 3.80. The number of hydrogen-bond donors (Lipinski definition) is 2. The van der Waals surface area contributed by atoms with Gasteiger partial charge in [-0.2, -0.15) is 0 Å². The Kier molecular flexibility index (Phi) is 3.53. The maximum atomic E-state index is 11.6. The number of rotatable bonds is 4. The minimum absolute atomic E-state index is 0.0607. The lowest BCUT2D eigenvalue weighted by molar-refractivity contribution is -0.133. The first-order chi connectivity index (χ1) is 8.09. The van der Waals surface area contributed by atoms with Gasteiger partial charge in [-0.1, -0.05) is 11.8 Å². The average molecular weight is 259 g/mol. The van der Waals surface area contributed by atoms with Gasteiger partial charge in [0.15, 0.2) is 5.16 Å². The Labute approximate surface area is 101 Å². The molecule has 7 nitrogen and oxygen atoms in total. The first-order valence-corrected chi connectivity index (χ1v) is 6.21. The zero-order valence-electron chi connectivity index (χ0n) is 9.25. The minimum atomic E-state index is -0.937. The Balaban J connectivity index is 2.23. The van der Waals surface area contributed by atoms with E-state index in [1.54, 1.807) is 0 Å². The standard InChI is InChI=1S/C9H13N3O4S/c1-5-6(2-3-16-5)12-8(15)10-11-9(12)17-4-7(13)14/h5-6H,2-4H2,1H3,(H,10,15)(H,13,14). The van der Waals surface area contributed by atoms with Crippen LogP contribution < -0.4 is 5.69 Å². The van der Waals surface area contributed by atoms with Gasteiger partial charge in [0.2, 0.25) is 0 Å². The molecule has 1 aliphatic rings. The monoisotopic (exact) mass is 259 g/mol. The van der Waals surface area contributed by atoms with Crippen molar-refractivity contribution in [2.75, 3.05) is 12.4 Å². The maximum Gasteiger partial charge on any atom is 0.344 e. The van der Waals surface area contributed by atoms with Gasteiger partial charge in [-0.3, -0.25) is 9.36 Å². The van der Waals surface area contributed by atoms with Crippen molar-refractivity contribution in [1.82, 2.24) is 14.8 Å². The largest absolute Gasteiger partial charge is 0.481 e. The van der Waals surface area contributed by atoms with Crippen LogP contribution in [0.1, 0.15) is 19.4 Å². The number of H-pyrrole nitrogens is 1. The molecule has 0 radical (unpaired) electrons. The summed E-state index contributed by atoms with van der Waals surface area (Å²) in [6.45, 7) is 2.50. The van der Waals surface area contributed by atoms with Gasteiger partial charge < -0.3 is 9.84 Å². The van der Waals surface area contributed by atoms with Gasteiger partial charge in [-0.15, -0.1) is 5.10 Å². The highest BCUT2D eigenvalue weighted by Crippen LogP contribution is 2.27. The van der Waals surface area contributed by atoms with Crippen LogP contribution in [0.3, 0.4) is 0 Å². The number of carboxylic acids is 1. The van der Waals surface area contributed by atoms with Gasteiger partial charge in [0.25, 0.3) is 0 Å². The summed E-state index contributed by atoms with van der Waals surface area (Å²) in [5.74, 6) is -1.06. The quantitative estimate of drug-likeness (QED) is 0.744. The summed E-state index contributed by atoms with van der Waals surface area (Å²) in [5, 5.41) is 15.2. The Morgan fingerprint density at radius 3 is 3.12 bits per heavy atom. The van der Waals surface area contributed by atoms with Gasteiger partial charge in [-0.05, 0) is 13.3 Å². The van der Waals surface area contributed by atoms with E-state index in [1.165, 1.54) is 4.57 Å². The smallest absolute Gasteiger partial charge is 0.344 e. The molecule has 1 aromatic heterocycles. The van der Waals surface area contributed by atoms with Gasteiger partial charge in [-0.25, -0.2) is 9.89 Å². The molecule has 2 unspecified atom stereocenters. The van der Waals surface area contributed by atoms with Crippen LogP contribution in [-0.2, 0) is 9.53 Å². The molecule has 1 aliphatic heterocycles. The summed E-state index contributed by atoms with van der Waals surface area (Å²) in [6.07, 6.45) is 0.677. The predicted octanol–water partition coefficient (Wildman–Crippen LogP) is 0.0980. The van der Waals surface area contributed by atoms with E-state index in [2.05, 4.69) is 10.2 Å². The summed E-state index contributed by atoms with van der Waals surface area (Å²) in [6, 6.07) is -0.0717. The van der Waals surface area contributed by atoms with Crippen molar-refractivity contribution in [2.45, 2.75) is 30.6 Å². The maximum absolute atomic E-state index is 11.6. The molecule has 2 heterocycles. The second kappa shape index (κ2) is 4.92. The Hall–Kier alpha value is -1.28. The SMILES string of the molecule is CC1OCCC1n1c(SCC(=O)O)n[nH]c1=O. The number of ether oxygens (including phenoxy) is 1. The summed E-state index contributed by atoms with van der Waals surface area (Å²) in [5.41, 5.74) is -0.319. The van der Waals surface area contributed by atoms with Crippen LogP contribution in [0.2, 0.25) is 0 Å². The number of carbonyl (C=O) groups is 1. The molecule has 1 saturated heterocycles. The molecular formula is C9H13N3O4S. The van der Waals surface area contributed by atoms with Crippen LogP contribution in [0.4, 0.5) is 0 Å². The third-order valence-electron chi connectivity index (χ3n) is 2.66. The highest BCUT2D eigenvalue weighted by atomic mass is 32.2. The van der Waals surface area contributed by atoms with Crippen molar-refractivity contribution >= 4 is 17.7 Å². The third kappa shape index (κ3) is 2.52. The fourth-order valence-corrected chi connectivity index (χ4v) is 2.59. The number of aromatic amines is 1. The van der Waals surface area contributed by atoms with Crippen LogP contribution in [0.25, 0.3) is 0 Å². The van der Waals surface area contributed by atoms with Crippen LogP contribution in [-0.4, -0.2) is 44.3 Å². The normalized spacial score (nSPS) is 24.1. The average Bonchev–Trinajstić information content (AvgIpc) is 2.82. The topological polar surface area (TPSA) is 97.2 Å². The van der Waals surface area contributed by atoms with Gasteiger partial charge in [0.1, 0.15) is 0 Å². The van der Waals surface area contributed by atoms with E-state index in [4.69, 9.17) is 9.84 Å². The number of aromatic nitrogens is 3. The zero-order valence-corrected chi connectivity index (χ0v) is 10.1. The summed E-state index contributed by atoms with van der Waals surface area (Å²) < 4.78 is 6.89. The van der Waals surface area contributed by atoms with Crippen molar-refractivity contribution in [1.29, 1.82) is 0 Å². The Morgan fingerprint density at radius 1 is 1.76 bits per heavy atom. The molecule has 2 atom stereocenters. The van der Waals surface area contributed by atoms with Gasteiger partial charge in [0, 0.05) is 6.61 Å². The van der Waals surface area contributed by atoms with Crippen LogP contribution in [0, 0.1) is 0 Å². The molecule has 0 amide bonds. The highest BCUT2D eigenvalue weighted by molar-refractivity contribution is 7.99. The molecule has 2 rings (SSSR count). The van der Waals surface area contributed by atoms with Gasteiger partial charge in [0.05, 0.1) is 17.9 Å². The van der Waals surface area contributed by atoms with Crippen molar-refractivity contribution in [3.63, 3.8) is 0 Å². The first-order valence-electron chi connectivity index (χ1n) is 5.22. The fourth-order valence-electron chi connectivity index (χ4n) is 1.87. The number of thioether (sulfide) groups is 1. The lowest BCUT2D eigenvalue weighted by Gasteiger charge is -2.15. The molecular weight excluding hydrogens is 246 g/mol. The number of aliphatic carboxylic acids is 1. The summed E-state index contributed by atoms with van der Waals surface area (Å²) >= 11 is 1.03. The summed E-state index contributed by atoms with van der Waals surface area (Å²) in [4.78, 5) is 22.2. The number of hydrogen-bond acceptors (Lipinski definition) is 5. The number of carboxylic acid groups (broad SMARTS) is 1. The van der Waals surface area contributed by atoms with E-state index in [9.17, 15) is 9.59 Å². The van der Waals surface area contributed by atoms with E-state index >= 15 is 0 Å². The van der Waals surface area contributed by atoms with E-state index < -0.39 is 5.97 Å². The van der Waals surface area contributed by atoms with Crippen LogP contribution >= 0.6 is 11.8 Å². The van der Waals surface area contributed by atoms with E-state index in [-0.39, 0.29) is 23.6 Å². The lowest BCUT2D eigenvalue weighted by atomic mass is 10.1. The molecule has 1 fully saturated rings. The molecule has 0 saturated carbocycles. The van der Waals surface area contributed by atoms with E-state index in [0.717, 1.165) is 18.2 Å². The molecule has 2 N–H and O–H groups in total. The van der Waals surface area contributed by atoms with Crippen molar-refractivity contribution in [3.05, 3.63) is 10.5 Å². The fraction of sp³-hybridized carbons (Fsp3) is 0.667. The molecule has 0 aromatic carbocycles. The van der Waals surface area contributed by atoms with Gasteiger partial charge >= 0.3 is 11.7 Å². The molecule has 0 bridgehead atoms. The Bertz CT molecular complexity index is 469. The molecule has 94 valence electrons. The first kappa shape index (κ1) is 12.2. The van der Waals surface area contributed by atoms with Crippen molar-refractivity contribution in [2.24, 2.45) is 0 Å².